The van der Waals surface area contributed by atoms with E-state index >= 15 is 0 Å². The Morgan fingerprint density at radius 2 is 2.00 bits per heavy atom. The Kier molecular flexibility index (Phi) is 5.51. The van der Waals surface area contributed by atoms with E-state index in [0.29, 0.717) is 11.5 Å². The van der Waals surface area contributed by atoms with Crippen molar-refractivity contribution in [2.45, 2.75) is 65.3 Å². The van der Waals surface area contributed by atoms with E-state index in [4.69, 9.17) is 11.6 Å². The molecule has 1 fully saturated rings. The summed E-state index contributed by atoms with van der Waals surface area (Å²) in [5, 5.41) is 4.71. The van der Waals surface area contributed by atoms with E-state index in [1.807, 2.05) is 0 Å². The minimum Gasteiger partial charge on any atom is -0.313 e. The van der Waals surface area contributed by atoms with Gasteiger partial charge in [-0.3, -0.25) is 0 Å². The molecule has 1 aromatic rings. The summed E-state index contributed by atoms with van der Waals surface area (Å²) >= 11 is 6.43. The standard InChI is InChI=1S/C18H28ClN/c1-4-11-20-17(18(3)9-5-6-10-18)13-15-8-7-14(2)12-16(15)19/h7-8,12,17,20H,4-6,9-11,13H2,1-3H3. The van der Waals surface area contributed by atoms with Crippen LogP contribution in [0.4, 0.5) is 0 Å². The molecule has 0 aromatic heterocycles. The highest BCUT2D eigenvalue weighted by atomic mass is 35.5. The van der Waals surface area contributed by atoms with Gasteiger partial charge in [-0.25, -0.2) is 0 Å². The predicted molar refractivity (Wildman–Crippen MR) is 88.5 cm³/mol. The number of hydrogen-bond donors (Lipinski definition) is 1. The van der Waals surface area contributed by atoms with Gasteiger partial charge in [0, 0.05) is 11.1 Å². The zero-order valence-electron chi connectivity index (χ0n) is 13.1. The van der Waals surface area contributed by atoms with Crippen molar-refractivity contribution in [1.29, 1.82) is 0 Å². The van der Waals surface area contributed by atoms with Crippen LogP contribution in [-0.2, 0) is 6.42 Å². The van der Waals surface area contributed by atoms with Crippen LogP contribution in [0.3, 0.4) is 0 Å². The molecule has 2 heteroatoms. The Morgan fingerprint density at radius 1 is 1.30 bits per heavy atom. The molecule has 0 saturated heterocycles. The molecule has 0 bridgehead atoms. The first-order chi connectivity index (χ1) is 9.55. The Labute approximate surface area is 129 Å². The Morgan fingerprint density at radius 3 is 2.60 bits per heavy atom. The summed E-state index contributed by atoms with van der Waals surface area (Å²) in [6.45, 7) is 7.89. The van der Waals surface area contributed by atoms with Crippen molar-refractivity contribution in [3.05, 3.63) is 34.3 Å². The smallest absolute Gasteiger partial charge is 0.0441 e. The summed E-state index contributed by atoms with van der Waals surface area (Å²) < 4.78 is 0. The molecule has 1 unspecified atom stereocenters. The molecule has 1 saturated carbocycles. The van der Waals surface area contributed by atoms with Crippen molar-refractivity contribution in [2.75, 3.05) is 6.54 Å². The summed E-state index contributed by atoms with van der Waals surface area (Å²) in [6, 6.07) is 7.02. The monoisotopic (exact) mass is 293 g/mol. The van der Waals surface area contributed by atoms with Gasteiger partial charge < -0.3 is 5.32 Å². The Balaban J connectivity index is 2.14. The highest BCUT2D eigenvalue weighted by Crippen LogP contribution is 2.42. The lowest BCUT2D eigenvalue weighted by atomic mass is 9.77. The largest absolute Gasteiger partial charge is 0.313 e. The Bertz CT molecular complexity index is 435. The third-order valence-corrected chi connectivity index (χ3v) is 5.21. The molecule has 1 aliphatic carbocycles. The van der Waals surface area contributed by atoms with Crippen LogP contribution in [0.25, 0.3) is 0 Å². The number of hydrogen-bond acceptors (Lipinski definition) is 1. The van der Waals surface area contributed by atoms with Crippen LogP contribution < -0.4 is 5.32 Å². The fourth-order valence-corrected chi connectivity index (χ4v) is 3.76. The second-order valence-electron chi connectivity index (χ2n) is 6.67. The minimum absolute atomic E-state index is 0.434. The summed E-state index contributed by atoms with van der Waals surface area (Å²) in [5.41, 5.74) is 2.96. The van der Waals surface area contributed by atoms with Gasteiger partial charge in [-0.1, -0.05) is 50.4 Å². The normalized spacial score (nSPS) is 19.2. The van der Waals surface area contributed by atoms with Gasteiger partial charge in [0.25, 0.3) is 0 Å². The van der Waals surface area contributed by atoms with Gasteiger partial charge in [0.05, 0.1) is 0 Å². The first-order valence-electron chi connectivity index (χ1n) is 8.03. The van der Waals surface area contributed by atoms with Gasteiger partial charge in [0.15, 0.2) is 0 Å². The van der Waals surface area contributed by atoms with Crippen molar-refractivity contribution in [1.82, 2.24) is 5.32 Å². The maximum Gasteiger partial charge on any atom is 0.0441 e. The van der Waals surface area contributed by atoms with Crippen LogP contribution in [0.5, 0.6) is 0 Å². The van der Waals surface area contributed by atoms with E-state index in [0.717, 1.165) is 18.0 Å². The summed E-state index contributed by atoms with van der Waals surface area (Å²) in [6.07, 6.45) is 7.68. The van der Waals surface area contributed by atoms with Crippen molar-refractivity contribution in [3.63, 3.8) is 0 Å². The zero-order chi connectivity index (χ0) is 14.6. The molecule has 1 aliphatic rings. The van der Waals surface area contributed by atoms with Gasteiger partial charge in [-0.05, 0) is 61.8 Å². The SMILES string of the molecule is CCCNC(Cc1ccc(C)cc1Cl)C1(C)CCCC1. The van der Waals surface area contributed by atoms with Crippen LogP contribution in [0.15, 0.2) is 18.2 Å². The van der Waals surface area contributed by atoms with Gasteiger partial charge in [-0.15, -0.1) is 0 Å². The predicted octanol–water partition coefficient (Wildman–Crippen LogP) is 5.14. The fraction of sp³-hybridized carbons (Fsp3) is 0.667. The quantitative estimate of drug-likeness (QED) is 0.766. The van der Waals surface area contributed by atoms with E-state index in [9.17, 15) is 0 Å². The topological polar surface area (TPSA) is 12.0 Å². The number of aryl methyl sites for hydroxylation is 1. The van der Waals surface area contributed by atoms with Crippen LogP contribution in [0.1, 0.15) is 57.1 Å². The molecular formula is C18H28ClN. The van der Waals surface area contributed by atoms with Gasteiger partial charge in [0.2, 0.25) is 0 Å². The molecule has 0 spiro atoms. The molecule has 1 N–H and O–H groups in total. The van der Waals surface area contributed by atoms with Crippen LogP contribution in [0, 0.1) is 12.3 Å². The molecule has 20 heavy (non-hydrogen) atoms. The van der Waals surface area contributed by atoms with Crippen LogP contribution in [0.2, 0.25) is 5.02 Å². The third-order valence-electron chi connectivity index (χ3n) is 4.86. The molecule has 1 nitrogen and oxygen atoms in total. The van der Waals surface area contributed by atoms with Gasteiger partial charge >= 0.3 is 0 Å². The number of benzene rings is 1. The summed E-state index contributed by atoms with van der Waals surface area (Å²) in [5.74, 6) is 0. The second kappa shape index (κ2) is 6.95. The van der Waals surface area contributed by atoms with E-state index in [1.165, 1.54) is 43.2 Å². The van der Waals surface area contributed by atoms with E-state index in [-0.39, 0.29) is 0 Å². The lowest BCUT2D eigenvalue weighted by molar-refractivity contribution is 0.219. The van der Waals surface area contributed by atoms with E-state index < -0.39 is 0 Å². The third kappa shape index (κ3) is 3.77. The van der Waals surface area contributed by atoms with Crippen LogP contribution >= 0.6 is 11.6 Å². The lowest BCUT2D eigenvalue weighted by Crippen LogP contribution is -2.44. The average molecular weight is 294 g/mol. The van der Waals surface area contributed by atoms with Crippen molar-refractivity contribution in [2.24, 2.45) is 5.41 Å². The van der Waals surface area contributed by atoms with E-state index in [2.05, 4.69) is 44.3 Å². The summed E-state index contributed by atoms with van der Waals surface area (Å²) in [4.78, 5) is 0. The second-order valence-corrected chi connectivity index (χ2v) is 7.07. The molecule has 2 rings (SSSR count). The fourth-order valence-electron chi connectivity index (χ4n) is 3.45. The lowest BCUT2D eigenvalue weighted by Gasteiger charge is -2.35. The molecule has 0 heterocycles. The number of halogens is 1. The van der Waals surface area contributed by atoms with Crippen molar-refractivity contribution >= 4 is 11.6 Å². The number of nitrogens with one attached hydrogen (secondary N) is 1. The highest BCUT2D eigenvalue weighted by molar-refractivity contribution is 6.31. The average Bonchev–Trinajstić information content (AvgIpc) is 2.84. The summed E-state index contributed by atoms with van der Waals surface area (Å²) in [7, 11) is 0. The Hall–Kier alpha value is -0.530. The molecule has 112 valence electrons. The first kappa shape index (κ1) is 15.9. The maximum absolute atomic E-state index is 6.43. The van der Waals surface area contributed by atoms with Gasteiger partial charge in [-0.2, -0.15) is 0 Å². The molecular weight excluding hydrogens is 266 g/mol. The molecule has 1 atom stereocenters. The van der Waals surface area contributed by atoms with Gasteiger partial charge in [0.1, 0.15) is 0 Å². The van der Waals surface area contributed by atoms with Crippen molar-refractivity contribution in [3.8, 4) is 0 Å². The zero-order valence-corrected chi connectivity index (χ0v) is 13.9. The molecule has 0 amide bonds. The van der Waals surface area contributed by atoms with Crippen LogP contribution in [-0.4, -0.2) is 12.6 Å². The molecule has 1 aromatic carbocycles. The maximum atomic E-state index is 6.43. The first-order valence-corrected chi connectivity index (χ1v) is 8.41. The van der Waals surface area contributed by atoms with Crippen molar-refractivity contribution < 1.29 is 0 Å². The molecule has 0 aliphatic heterocycles. The number of rotatable bonds is 6. The minimum atomic E-state index is 0.434. The van der Waals surface area contributed by atoms with E-state index in [1.54, 1.807) is 0 Å². The molecule has 0 radical (unpaired) electrons. The highest BCUT2D eigenvalue weighted by Gasteiger charge is 2.36.